The summed E-state index contributed by atoms with van der Waals surface area (Å²) in [5, 5.41) is 5.95. The summed E-state index contributed by atoms with van der Waals surface area (Å²) in [4.78, 5) is 0. The van der Waals surface area contributed by atoms with Crippen LogP contribution >= 0.6 is 0 Å². The van der Waals surface area contributed by atoms with Gasteiger partial charge in [-0.3, -0.25) is 0 Å². The molecule has 0 fully saturated rings. The van der Waals surface area contributed by atoms with Gasteiger partial charge in [0.05, 0.1) is 6.17 Å². The number of hydrogen-bond acceptors (Lipinski definition) is 3. The average Bonchev–Trinajstić information content (AvgIpc) is 1.83. The second kappa shape index (κ2) is 5.03. The van der Waals surface area contributed by atoms with Crippen molar-refractivity contribution in [3.8, 4) is 0 Å². The van der Waals surface area contributed by atoms with Crippen LogP contribution in [0, 0.1) is 0 Å². The van der Waals surface area contributed by atoms with Gasteiger partial charge in [-0.15, -0.1) is 0 Å². The van der Waals surface area contributed by atoms with E-state index >= 15 is 0 Å². The summed E-state index contributed by atoms with van der Waals surface area (Å²) in [6.07, 6.45) is 1.12. The van der Waals surface area contributed by atoms with Crippen molar-refractivity contribution >= 4 is 0 Å². The molecule has 8 heavy (non-hydrogen) atoms. The lowest BCUT2D eigenvalue weighted by Crippen LogP contribution is -2.36. The zero-order valence-corrected chi connectivity index (χ0v) is 5.57. The van der Waals surface area contributed by atoms with Gasteiger partial charge in [0.1, 0.15) is 0 Å². The molecule has 0 spiro atoms. The van der Waals surface area contributed by atoms with Crippen LogP contribution in [-0.4, -0.2) is 26.8 Å². The summed E-state index contributed by atoms with van der Waals surface area (Å²) in [5.74, 6) is 0. The Morgan fingerprint density at radius 2 is 2.12 bits per heavy atom. The van der Waals surface area contributed by atoms with Crippen LogP contribution in [0.2, 0.25) is 0 Å². The topological polar surface area (TPSA) is 50.1 Å². The molecule has 0 amide bonds. The average molecular weight is 117 g/mol. The van der Waals surface area contributed by atoms with E-state index < -0.39 is 0 Å². The number of rotatable bonds is 4. The molecule has 1 atom stereocenters. The molecular weight excluding hydrogens is 102 g/mol. The molecule has 0 bridgehead atoms. The lowest BCUT2D eigenvalue weighted by atomic mass is 10.3. The molecule has 0 heterocycles. The molecule has 0 saturated carbocycles. The predicted octanol–water partition coefficient (Wildman–Crippen LogP) is -0.900. The van der Waals surface area contributed by atoms with Crippen molar-refractivity contribution in [2.24, 2.45) is 5.73 Å². The van der Waals surface area contributed by atoms with Gasteiger partial charge in [-0.25, -0.2) is 0 Å². The van der Waals surface area contributed by atoms with Crippen LogP contribution in [0.4, 0.5) is 0 Å². The zero-order valence-electron chi connectivity index (χ0n) is 5.57. The number of hydrogen-bond donors (Lipinski definition) is 3. The van der Waals surface area contributed by atoms with Gasteiger partial charge in [-0.2, -0.15) is 0 Å². The molecule has 0 aromatic rings. The van der Waals surface area contributed by atoms with Gasteiger partial charge in [0, 0.05) is 0 Å². The van der Waals surface area contributed by atoms with Crippen LogP contribution in [-0.2, 0) is 0 Å². The number of nitrogens with two attached hydrogens (primary N) is 1. The first-order valence-electron chi connectivity index (χ1n) is 2.88. The van der Waals surface area contributed by atoms with Gasteiger partial charge in [0.2, 0.25) is 0 Å². The third-order valence-electron chi connectivity index (χ3n) is 1.08. The van der Waals surface area contributed by atoms with Crippen molar-refractivity contribution in [1.29, 1.82) is 0 Å². The maximum Gasteiger partial charge on any atom is 0.0556 e. The van der Waals surface area contributed by atoms with E-state index in [1.54, 1.807) is 0 Å². The Morgan fingerprint density at radius 1 is 1.50 bits per heavy atom. The van der Waals surface area contributed by atoms with Crippen LogP contribution in [0.1, 0.15) is 6.42 Å². The molecule has 1 unspecified atom stereocenters. The lowest BCUT2D eigenvalue weighted by Gasteiger charge is -2.07. The molecule has 0 rings (SSSR count). The standard InChI is InChI=1S/C5H15N3/c1-7-4-3-5(6)8-2/h5,7-8H,3-4,6H2,1-2H3. The Labute approximate surface area is 50.6 Å². The molecule has 0 aromatic heterocycles. The van der Waals surface area contributed by atoms with E-state index in [1.165, 1.54) is 0 Å². The highest BCUT2D eigenvalue weighted by molar-refractivity contribution is 4.54. The van der Waals surface area contributed by atoms with Crippen LogP contribution in [0.5, 0.6) is 0 Å². The molecule has 4 N–H and O–H groups in total. The molecule has 0 aliphatic rings. The molecule has 0 saturated heterocycles. The largest absolute Gasteiger partial charge is 0.320 e. The number of nitrogens with one attached hydrogen (secondary N) is 2. The summed E-state index contributed by atoms with van der Waals surface area (Å²) in [7, 11) is 3.78. The smallest absolute Gasteiger partial charge is 0.0556 e. The van der Waals surface area contributed by atoms with E-state index in [4.69, 9.17) is 5.73 Å². The monoisotopic (exact) mass is 117 g/mol. The van der Waals surface area contributed by atoms with Crippen molar-refractivity contribution in [3.05, 3.63) is 0 Å². The second-order valence-corrected chi connectivity index (χ2v) is 1.79. The molecule has 3 nitrogen and oxygen atoms in total. The van der Waals surface area contributed by atoms with E-state index in [0.29, 0.717) is 0 Å². The maximum absolute atomic E-state index is 5.51. The summed E-state index contributed by atoms with van der Waals surface area (Å²) >= 11 is 0. The minimum atomic E-state index is 0.141. The summed E-state index contributed by atoms with van der Waals surface area (Å²) in [6, 6.07) is 0. The van der Waals surface area contributed by atoms with Crippen molar-refractivity contribution in [2.45, 2.75) is 12.6 Å². The van der Waals surface area contributed by atoms with Crippen LogP contribution < -0.4 is 16.4 Å². The van der Waals surface area contributed by atoms with Crippen molar-refractivity contribution in [3.63, 3.8) is 0 Å². The molecule has 0 radical (unpaired) electrons. The first-order valence-corrected chi connectivity index (χ1v) is 2.88. The quantitative estimate of drug-likeness (QED) is 0.418. The minimum absolute atomic E-state index is 0.141. The fourth-order valence-electron chi connectivity index (χ4n) is 0.444. The van der Waals surface area contributed by atoms with Gasteiger partial charge in [-0.1, -0.05) is 0 Å². The minimum Gasteiger partial charge on any atom is -0.320 e. The predicted molar refractivity (Wildman–Crippen MR) is 35.6 cm³/mol. The highest BCUT2D eigenvalue weighted by Gasteiger charge is 1.93. The zero-order chi connectivity index (χ0) is 6.41. The van der Waals surface area contributed by atoms with Gasteiger partial charge in [0.25, 0.3) is 0 Å². The summed E-state index contributed by atoms with van der Waals surface area (Å²) in [5.41, 5.74) is 5.51. The summed E-state index contributed by atoms with van der Waals surface area (Å²) in [6.45, 7) is 0.974. The Morgan fingerprint density at radius 3 is 2.50 bits per heavy atom. The van der Waals surface area contributed by atoms with E-state index in [9.17, 15) is 0 Å². The maximum atomic E-state index is 5.51. The first-order chi connectivity index (χ1) is 3.81. The van der Waals surface area contributed by atoms with Crippen molar-refractivity contribution < 1.29 is 0 Å². The van der Waals surface area contributed by atoms with Gasteiger partial charge in [0.15, 0.2) is 0 Å². The highest BCUT2D eigenvalue weighted by atomic mass is 15.0. The third kappa shape index (κ3) is 4.05. The fraction of sp³-hybridized carbons (Fsp3) is 1.00. The Hall–Kier alpha value is -0.120. The van der Waals surface area contributed by atoms with Gasteiger partial charge in [-0.05, 0) is 27.1 Å². The second-order valence-electron chi connectivity index (χ2n) is 1.79. The Kier molecular flexibility index (Phi) is 4.95. The molecule has 3 heteroatoms. The lowest BCUT2D eigenvalue weighted by molar-refractivity contribution is 0.527. The van der Waals surface area contributed by atoms with E-state index in [1.807, 2.05) is 14.1 Å². The summed E-state index contributed by atoms with van der Waals surface area (Å²) < 4.78 is 0. The normalized spacial score (nSPS) is 13.9. The molecular formula is C5H15N3. The van der Waals surface area contributed by atoms with E-state index in [-0.39, 0.29) is 6.17 Å². The van der Waals surface area contributed by atoms with Crippen LogP contribution in [0.3, 0.4) is 0 Å². The van der Waals surface area contributed by atoms with Crippen molar-refractivity contribution in [2.75, 3.05) is 20.6 Å². The van der Waals surface area contributed by atoms with E-state index in [2.05, 4.69) is 10.6 Å². The third-order valence-corrected chi connectivity index (χ3v) is 1.08. The SMILES string of the molecule is CNCCC(N)NC. The molecule has 50 valence electrons. The van der Waals surface area contributed by atoms with Crippen LogP contribution in [0.25, 0.3) is 0 Å². The van der Waals surface area contributed by atoms with Gasteiger partial charge >= 0.3 is 0 Å². The Balaban J connectivity index is 2.86. The van der Waals surface area contributed by atoms with Crippen molar-refractivity contribution in [1.82, 2.24) is 10.6 Å². The molecule has 0 aliphatic heterocycles. The molecule has 0 aromatic carbocycles. The molecule has 0 aliphatic carbocycles. The van der Waals surface area contributed by atoms with Gasteiger partial charge < -0.3 is 16.4 Å². The highest BCUT2D eigenvalue weighted by Crippen LogP contribution is 1.76. The Bertz CT molecular complexity index is 46.9. The fourth-order valence-corrected chi connectivity index (χ4v) is 0.444. The first kappa shape index (κ1) is 7.88. The van der Waals surface area contributed by atoms with E-state index in [0.717, 1.165) is 13.0 Å². The van der Waals surface area contributed by atoms with Crippen LogP contribution in [0.15, 0.2) is 0 Å².